The number of rotatable bonds is 1. The number of hydrogen-bond donors (Lipinski definition) is 1. The highest BCUT2D eigenvalue weighted by Gasteiger charge is 2.31. The molecule has 1 N–H and O–H groups in total. The Bertz CT molecular complexity index is 1010. The van der Waals surface area contributed by atoms with E-state index in [1.807, 2.05) is 6.07 Å². The van der Waals surface area contributed by atoms with E-state index in [0.717, 1.165) is 27.3 Å². The number of hydrogen-bond acceptors (Lipinski definition) is 3. The summed E-state index contributed by atoms with van der Waals surface area (Å²) < 4.78 is 5.72. The zero-order chi connectivity index (χ0) is 17.8. The van der Waals surface area contributed by atoms with Gasteiger partial charge in [-0.3, -0.25) is 14.9 Å². The second-order valence-electron chi connectivity index (χ2n) is 7.82. The third kappa shape index (κ3) is 2.62. The number of imide groups is 1. The summed E-state index contributed by atoms with van der Waals surface area (Å²) in [6.45, 7) is 6.58. The highest BCUT2D eigenvalue weighted by molar-refractivity contribution is 6.10. The second-order valence-corrected chi connectivity index (χ2v) is 7.82. The monoisotopic (exact) mass is 335 g/mol. The molecule has 1 fully saturated rings. The highest BCUT2D eigenvalue weighted by Crippen LogP contribution is 2.38. The molecule has 4 heteroatoms. The molecule has 1 atom stereocenters. The zero-order valence-corrected chi connectivity index (χ0v) is 14.7. The number of nitrogens with one attached hydrogen (secondary N) is 1. The molecule has 1 saturated heterocycles. The van der Waals surface area contributed by atoms with Crippen LogP contribution in [0.1, 0.15) is 50.7 Å². The second kappa shape index (κ2) is 5.45. The number of furan rings is 1. The fraction of sp³-hybridized carbons (Fsp3) is 0.333. The lowest BCUT2D eigenvalue weighted by molar-refractivity contribution is -0.134. The molecule has 1 unspecified atom stereocenters. The maximum atomic E-state index is 12.3. The molecule has 0 radical (unpaired) electrons. The molecule has 4 rings (SSSR count). The minimum Gasteiger partial charge on any atom is -0.464 e. The van der Waals surface area contributed by atoms with Crippen LogP contribution in [0.3, 0.4) is 0 Å². The van der Waals surface area contributed by atoms with Crippen LogP contribution in [0.15, 0.2) is 41.0 Å². The van der Waals surface area contributed by atoms with Crippen LogP contribution in [-0.2, 0) is 15.0 Å². The molecule has 3 aromatic rings. The SMILES string of the molecule is CC(C)(C)c1ccc2c(ccc3occ(C4CCC(=O)NC4=O)c32)c1. The molecular formula is C21H21NO3. The van der Waals surface area contributed by atoms with Crippen LogP contribution < -0.4 is 5.32 Å². The molecule has 4 nitrogen and oxygen atoms in total. The summed E-state index contributed by atoms with van der Waals surface area (Å²) in [7, 11) is 0. The van der Waals surface area contributed by atoms with Crippen LogP contribution in [0.5, 0.6) is 0 Å². The van der Waals surface area contributed by atoms with Gasteiger partial charge in [0.25, 0.3) is 0 Å². The molecule has 1 aromatic heterocycles. The number of carbonyl (C=O) groups excluding carboxylic acids is 2. The van der Waals surface area contributed by atoms with Crippen molar-refractivity contribution in [3.05, 3.63) is 47.7 Å². The molecule has 0 saturated carbocycles. The molecule has 1 aliphatic rings. The van der Waals surface area contributed by atoms with Crippen LogP contribution in [-0.4, -0.2) is 11.8 Å². The maximum absolute atomic E-state index is 12.3. The summed E-state index contributed by atoms with van der Waals surface area (Å²) in [5.74, 6) is -0.775. The van der Waals surface area contributed by atoms with Gasteiger partial charge in [-0.1, -0.05) is 45.0 Å². The van der Waals surface area contributed by atoms with E-state index < -0.39 is 0 Å². The van der Waals surface area contributed by atoms with Gasteiger partial charge in [0, 0.05) is 17.4 Å². The number of fused-ring (bicyclic) bond motifs is 3. The van der Waals surface area contributed by atoms with Crippen LogP contribution >= 0.6 is 0 Å². The zero-order valence-electron chi connectivity index (χ0n) is 14.7. The van der Waals surface area contributed by atoms with Gasteiger partial charge < -0.3 is 4.42 Å². The van der Waals surface area contributed by atoms with E-state index in [4.69, 9.17) is 4.42 Å². The standard InChI is InChI=1S/C21H21NO3/c1-21(2,3)13-5-6-14-12(10-13)4-8-17-19(14)16(11-25-17)15-7-9-18(23)22-20(15)24/h4-6,8,10-11,15H,7,9H2,1-3H3,(H,22,23,24). The maximum Gasteiger partial charge on any atom is 0.234 e. The Balaban J connectivity index is 1.90. The first-order valence-corrected chi connectivity index (χ1v) is 8.62. The quantitative estimate of drug-likeness (QED) is 0.670. The summed E-state index contributed by atoms with van der Waals surface area (Å²) in [6.07, 6.45) is 2.56. The topological polar surface area (TPSA) is 59.3 Å². The molecular weight excluding hydrogens is 314 g/mol. The third-order valence-corrected chi connectivity index (χ3v) is 5.06. The summed E-state index contributed by atoms with van der Waals surface area (Å²) in [5.41, 5.74) is 2.99. The van der Waals surface area contributed by atoms with E-state index in [9.17, 15) is 9.59 Å². The van der Waals surface area contributed by atoms with Crippen LogP contribution in [0, 0.1) is 0 Å². The van der Waals surface area contributed by atoms with Crippen LogP contribution in [0.25, 0.3) is 21.7 Å². The number of piperidine rings is 1. The van der Waals surface area contributed by atoms with Crippen molar-refractivity contribution in [2.24, 2.45) is 0 Å². The molecule has 2 aromatic carbocycles. The summed E-state index contributed by atoms with van der Waals surface area (Å²) >= 11 is 0. The molecule has 2 amide bonds. The van der Waals surface area contributed by atoms with E-state index >= 15 is 0 Å². The van der Waals surface area contributed by atoms with Crippen molar-refractivity contribution in [2.75, 3.05) is 0 Å². The first-order valence-electron chi connectivity index (χ1n) is 8.62. The lowest BCUT2D eigenvalue weighted by Gasteiger charge is -2.21. The van der Waals surface area contributed by atoms with E-state index in [-0.39, 0.29) is 23.1 Å². The van der Waals surface area contributed by atoms with Gasteiger partial charge in [0.05, 0.1) is 12.2 Å². The van der Waals surface area contributed by atoms with E-state index in [1.54, 1.807) is 6.26 Å². The molecule has 0 aliphatic carbocycles. The van der Waals surface area contributed by atoms with Crippen molar-refractivity contribution in [3.8, 4) is 0 Å². The average Bonchev–Trinajstić information content (AvgIpc) is 2.98. The van der Waals surface area contributed by atoms with E-state index in [0.29, 0.717) is 12.8 Å². The fourth-order valence-electron chi connectivity index (χ4n) is 3.60. The van der Waals surface area contributed by atoms with Crippen molar-refractivity contribution in [3.63, 3.8) is 0 Å². The lowest BCUT2D eigenvalue weighted by Crippen LogP contribution is -2.39. The van der Waals surface area contributed by atoms with Gasteiger partial charge in [0.2, 0.25) is 11.8 Å². The normalized spacial score (nSPS) is 18.8. The van der Waals surface area contributed by atoms with Crippen molar-refractivity contribution >= 4 is 33.6 Å². The lowest BCUT2D eigenvalue weighted by atomic mass is 9.84. The molecule has 0 spiro atoms. The van der Waals surface area contributed by atoms with Crippen molar-refractivity contribution < 1.29 is 14.0 Å². The molecule has 25 heavy (non-hydrogen) atoms. The van der Waals surface area contributed by atoms with Gasteiger partial charge in [0.1, 0.15) is 5.58 Å². The minimum absolute atomic E-state index is 0.0754. The Morgan fingerprint density at radius 1 is 1.12 bits per heavy atom. The predicted molar refractivity (Wildman–Crippen MR) is 97.5 cm³/mol. The molecule has 128 valence electrons. The van der Waals surface area contributed by atoms with Gasteiger partial charge in [-0.15, -0.1) is 0 Å². The highest BCUT2D eigenvalue weighted by atomic mass is 16.3. The fourth-order valence-corrected chi connectivity index (χ4v) is 3.60. The Hall–Kier alpha value is -2.62. The number of amides is 2. The minimum atomic E-state index is -0.341. The average molecular weight is 335 g/mol. The van der Waals surface area contributed by atoms with Crippen molar-refractivity contribution in [1.82, 2.24) is 5.32 Å². The molecule has 1 aliphatic heterocycles. The van der Waals surface area contributed by atoms with E-state index in [2.05, 4.69) is 50.4 Å². The predicted octanol–water partition coefficient (Wildman–Crippen LogP) is 4.40. The van der Waals surface area contributed by atoms with Gasteiger partial charge in [0.15, 0.2) is 0 Å². The van der Waals surface area contributed by atoms with Gasteiger partial charge >= 0.3 is 0 Å². The van der Waals surface area contributed by atoms with Crippen LogP contribution in [0.2, 0.25) is 0 Å². The smallest absolute Gasteiger partial charge is 0.234 e. The first-order chi connectivity index (χ1) is 11.8. The van der Waals surface area contributed by atoms with Gasteiger partial charge in [-0.05, 0) is 34.2 Å². The van der Waals surface area contributed by atoms with E-state index in [1.165, 1.54) is 5.56 Å². The molecule has 0 bridgehead atoms. The summed E-state index contributed by atoms with van der Waals surface area (Å²) in [4.78, 5) is 23.7. The Morgan fingerprint density at radius 3 is 2.64 bits per heavy atom. The van der Waals surface area contributed by atoms with Gasteiger partial charge in [-0.25, -0.2) is 0 Å². The number of carbonyl (C=O) groups is 2. The summed E-state index contributed by atoms with van der Waals surface area (Å²) in [6, 6.07) is 10.5. The Kier molecular flexibility index (Phi) is 3.46. The van der Waals surface area contributed by atoms with Gasteiger partial charge in [-0.2, -0.15) is 0 Å². The third-order valence-electron chi connectivity index (χ3n) is 5.06. The van der Waals surface area contributed by atoms with Crippen molar-refractivity contribution in [1.29, 1.82) is 0 Å². The van der Waals surface area contributed by atoms with Crippen molar-refractivity contribution in [2.45, 2.75) is 44.9 Å². The van der Waals surface area contributed by atoms with Crippen LogP contribution in [0.4, 0.5) is 0 Å². The largest absolute Gasteiger partial charge is 0.464 e. The first kappa shape index (κ1) is 15.9. The summed E-state index contributed by atoms with van der Waals surface area (Å²) in [5, 5.41) is 5.64. The Morgan fingerprint density at radius 2 is 1.92 bits per heavy atom. The Labute approximate surface area is 146 Å². The number of benzene rings is 2. The molecule has 2 heterocycles.